The van der Waals surface area contributed by atoms with E-state index in [1.165, 1.54) is 6.07 Å². The molecule has 1 unspecified atom stereocenters. The molecule has 2 rings (SSSR count). The fourth-order valence-corrected chi connectivity index (χ4v) is 2.16. The average molecular weight is 296 g/mol. The molecule has 0 heterocycles. The molecule has 5 heteroatoms. The topological polar surface area (TPSA) is 41.5 Å². The fraction of sp³-hybridized carbons (Fsp3) is 0.200. The van der Waals surface area contributed by atoms with Gasteiger partial charge in [-0.2, -0.15) is 0 Å². The van der Waals surface area contributed by atoms with Gasteiger partial charge in [-0.3, -0.25) is 0 Å². The van der Waals surface area contributed by atoms with Crippen LogP contribution in [0.1, 0.15) is 18.5 Å². The van der Waals surface area contributed by atoms with E-state index >= 15 is 0 Å². The van der Waals surface area contributed by atoms with Gasteiger partial charge in [0, 0.05) is 16.7 Å². The zero-order valence-electron chi connectivity index (χ0n) is 11.2. The lowest BCUT2D eigenvalue weighted by Gasteiger charge is -2.19. The molecule has 0 aliphatic rings. The number of nitrogens with one attached hydrogen (secondary N) is 1. The molecule has 0 spiro atoms. The molecule has 0 aliphatic heterocycles. The minimum Gasteiger partial charge on any atom is -0.507 e. The Bertz CT molecular complexity index is 619. The van der Waals surface area contributed by atoms with E-state index in [1.54, 1.807) is 31.4 Å². The number of phenolic OH excluding ortho intramolecular Hbond substituents is 1. The number of hydrogen-bond acceptors (Lipinski definition) is 3. The summed E-state index contributed by atoms with van der Waals surface area (Å²) in [4.78, 5) is 0. The molecule has 0 fully saturated rings. The van der Waals surface area contributed by atoms with Gasteiger partial charge >= 0.3 is 0 Å². The first-order chi connectivity index (χ1) is 9.51. The van der Waals surface area contributed by atoms with Crippen molar-refractivity contribution < 1.29 is 14.2 Å². The van der Waals surface area contributed by atoms with E-state index in [0.717, 1.165) is 6.07 Å². The van der Waals surface area contributed by atoms with E-state index in [2.05, 4.69) is 5.32 Å². The van der Waals surface area contributed by atoms with Crippen LogP contribution in [0.15, 0.2) is 36.4 Å². The van der Waals surface area contributed by atoms with E-state index in [0.29, 0.717) is 22.0 Å². The van der Waals surface area contributed by atoms with E-state index < -0.39 is 5.82 Å². The van der Waals surface area contributed by atoms with Crippen molar-refractivity contribution in [1.29, 1.82) is 0 Å². The van der Waals surface area contributed by atoms with Crippen molar-refractivity contribution >= 4 is 17.3 Å². The van der Waals surface area contributed by atoms with Crippen LogP contribution in [0.5, 0.6) is 11.5 Å². The Morgan fingerprint density at radius 3 is 2.65 bits per heavy atom. The zero-order valence-corrected chi connectivity index (χ0v) is 11.9. The molecule has 0 radical (unpaired) electrons. The van der Waals surface area contributed by atoms with Crippen LogP contribution >= 0.6 is 11.6 Å². The van der Waals surface area contributed by atoms with Crippen LogP contribution in [-0.2, 0) is 0 Å². The largest absolute Gasteiger partial charge is 0.507 e. The van der Waals surface area contributed by atoms with Crippen LogP contribution in [0.4, 0.5) is 10.1 Å². The maximum absolute atomic E-state index is 13.0. The van der Waals surface area contributed by atoms with Gasteiger partial charge in [-0.25, -0.2) is 4.39 Å². The van der Waals surface area contributed by atoms with Crippen LogP contribution < -0.4 is 10.1 Å². The second kappa shape index (κ2) is 6.01. The molecule has 2 N–H and O–H groups in total. The number of hydrogen-bond donors (Lipinski definition) is 2. The van der Waals surface area contributed by atoms with Gasteiger partial charge in [0.05, 0.1) is 18.8 Å². The standard InChI is InChI=1S/C15H15ClFNO2/c1-9(12-5-4-11(17)8-14(12)19)18-13-7-10(16)3-6-15(13)20-2/h3-9,18-19H,1-2H3. The molecule has 20 heavy (non-hydrogen) atoms. The molecule has 2 aromatic rings. The maximum Gasteiger partial charge on any atom is 0.142 e. The smallest absolute Gasteiger partial charge is 0.142 e. The molecule has 0 aromatic heterocycles. The quantitative estimate of drug-likeness (QED) is 0.880. The van der Waals surface area contributed by atoms with Gasteiger partial charge in [0.25, 0.3) is 0 Å². The van der Waals surface area contributed by atoms with Crippen LogP contribution in [0, 0.1) is 5.82 Å². The van der Waals surface area contributed by atoms with Gasteiger partial charge in [0.15, 0.2) is 0 Å². The summed E-state index contributed by atoms with van der Waals surface area (Å²) >= 11 is 5.96. The highest BCUT2D eigenvalue weighted by Crippen LogP contribution is 2.33. The van der Waals surface area contributed by atoms with Gasteiger partial charge in [0.2, 0.25) is 0 Å². The predicted octanol–water partition coefficient (Wildman–Crippen LogP) is 4.37. The molecule has 0 aliphatic carbocycles. The molecular formula is C15H15ClFNO2. The number of phenols is 1. The second-order valence-corrected chi connectivity index (χ2v) is 4.85. The zero-order chi connectivity index (χ0) is 14.7. The molecule has 0 saturated heterocycles. The van der Waals surface area contributed by atoms with Gasteiger partial charge in [-0.15, -0.1) is 0 Å². The monoisotopic (exact) mass is 295 g/mol. The van der Waals surface area contributed by atoms with Crippen molar-refractivity contribution in [2.75, 3.05) is 12.4 Å². The van der Waals surface area contributed by atoms with Crippen LogP contribution in [-0.4, -0.2) is 12.2 Å². The molecule has 0 bridgehead atoms. The Balaban J connectivity index is 2.27. The number of anilines is 1. The van der Waals surface area contributed by atoms with Gasteiger partial charge < -0.3 is 15.2 Å². The van der Waals surface area contributed by atoms with Crippen molar-refractivity contribution in [3.63, 3.8) is 0 Å². The lowest BCUT2D eigenvalue weighted by Crippen LogP contribution is -2.08. The number of aromatic hydroxyl groups is 1. The first kappa shape index (κ1) is 14.5. The highest BCUT2D eigenvalue weighted by atomic mass is 35.5. The number of ether oxygens (including phenoxy) is 1. The van der Waals surface area contributed by atoms with Crippen LogP contribution in [0.2, 0.25) is 5.02 Å². The van der Waals surface area contributed by atoms with Crippen molar-refractivity contribution in [1.82, 2.24) is 0 Å². The molecule has 3 nitrogen and oxygen atoms in total. The molecule has 0 amide bonds. The molecule has 0 saturated carbocycles. The third kappa shape index (κ3) is 3.14. The predicted molar refractivity (Wildman–Crippen MR) is 78.1 cm³/mol. The number of halogens is 2. The Morgan fingerprint density at radius 2 is 2.00 bits per heavy atom. The normalized spacial score (nSPS) is 12.0. The van der Waals surface area contributed by atoms with Crippen molar-refractivity contribution in [3.05, 3.63) is 52.8 Å². The summed E-state index contributed by atoms with van der Waals surface area (Å²) < 4.78 is 18.2. The molecular weight excluding hydrogens is 281 g/mol. The van der Waals surface area contributed by atoms with E-state index in [4.69, 9.17) is 16.3 Å². The first-order valence-corrected chi connectivity index (χ1v) is 6.47. The Hall–Kier alpha value is -1.94. The summed E-state index contributed by atoms with van der Waals surface area (Å²) in [6.45, 7) is 1.85. The third-order valence-corrected chi connectivity index (χ3v) is 3.23. The van der Waals surface area contributed by atoms with Gasteiger partial charge in [-0.1, -0.05) is 17.7 Å². The van der Waals surface area contributed by atoms with Crippen molar-refractivity contribution in [2.45, 2.75) is 13.0 Å². The fourth-order valence-electron chi connectivity index (χ4n) is 1.99. The third-order valence-electron chi connectivity index (χ3n) is 2.99. The van der Waals surface area contributed by atoms with E-state index in [9.17, 15) is 9.50 Å². The van der Waals surface area contributed by atoms with Crippen molar-refractivity contribution in [2.24, 2.45) is 0 Å². The van der Waals surface area contributed by atoms with Gasteiger partial charge in [-0.05, 0) is 31.2 Å². The van der Waals surface area contributed by atoms with Crippen LogP contribution in [0.25, 0.3) is 0 Å². The number of rotatable bonds is 4. The van der Waals surface area contributed by atoms with Crippen molar-refractivity contribution in [3.8, 4) is 11.5 Å². The summed E-state index contributed by atoms with van der Waals surface area (Å²) in [5, 5.41) is 13.5. The average Bonchev–Trinajstić information content (AvgIpc) is 2.38. The highest BCUT2D eigenvalue weighted by Gasteiger charge is 2.13. The minimum atomic E-state index is -0.473. The number of methoxy groups -OCH3 is 1. The Morgan fingerprint density at radius 1 is 1.25 bits per heavy atom. The molecule has 106 valence electrons. The SMILES string of the molecule is COc1ccc(Cl)cc1NC(C)c1ccc(F)cc1O. The lowest BCUT2D eigenvalue weighted by atomic mass is 10.1. The van der Waals surface area contributed by atoms with Gasteiger partial charge in [0.1, 0.15) is 17.3 Å². The summed E-state index contributed by atoms with van der Waals surface area (Å²) in [5.41, 5.74) is 1.30. The summed E-state index contributed by atoms with van der Waals surface area (Å²) in [6, 6.07) is 8.91. The highest BCUT2D eigenvalue weighted by molar-refractivity contribution is 6.30. The Kier molecular flexibility index (Phi) is 4.35. The Labute approximate surface area is 122 Å². The summed E-state index contributed by atoms with van der Waals surface area (Å²) in [5.74, 6) is 0.0765. The lowest BCUT2D eigenvalue weighted by molar-refractivity contribution is 0.416. The molecule has 2 aromatic carbocycles. The summed E-state index contributed by atoms with van der Waals surface area (Å²) in [7, 11) is 1.56. The minimum absolute atomic E-state index is 0.0917. The van der Waals surface area contributed by atoms with Crippen LogP contribution in [0.3, 0.4) is 0 Å². The maximum atomic E-state index is 13.0. The number of benzene rings is 2. The second-order valence-electron chi connectivity index (χ2n) is 4.41. The molecule has 1 atom stereocenters. The summed E-state index contributed by atoms with van der Waals surface area (Å²) in [6.07, 6.45) is 0. The van der Waals surface area contributed by atoms with E-state index in [1.807, 2.05) is 6.92 Å². The van der Waals surface area contributed by atoms with E-state index in [-0.39, 0.29) is 11.8 Å². The first-order valence-electron chi connectivity index (χ1n) is 6.09.